The van der Waals surface area contributed by atoms with Crippen LogP contribution in [-0.2, 0) is 19.1 Å². The molecule has 1 aliphatic rings. The number of amides is 1. The van der Waals surface area contributed by atoms with Crippen molar-refractivity contribution in [1.29, 1.82) is 0 Å². The number of nitrogens with two attached hydrogens (primary N) is 1. The summed E-state index contributed by atoms with van der Waals surface area (Å²) in [4.78, 5) is 18.8. The summed E-state index contributed by atoms with van der Waals surface area (Å²) in [6, 6.07) is 1.42. The summed E-state index contributed by atoms with van der Waals surface area (Å²) < 4.78 is 39.7. The number of primary amides is 1. The van der Waals surface area contributed by atoms with E-state index in [1.807, 2.05) is 0 Å². The van der Waals surface area contributed by atoms with Gasteiger partial charge in [-0.1, -0.05) is 11.6 Å². The molecule has 0 aliphatic carbocycles. The van der Waals surface area contributed by atoms with E-state index < -0.39 is 17.8 Å². The Labute approximate surface area is 146 Å². The average Bonchev–Trinajstić information content (AvgIpc) is 2.97. The molecular formula is C15H15ClF3N5O. The van der Waals surface area contributed by atoms with Crippen LogP contribution < -0.4 is 11.1 Å². The van der Waals surface area contributed by atoms with Gasteiger partial charge in [-0.2, -0.15) is 13.2 Å². The zero-order chi connectivity index (χ0) is 18.2. The second kappa shape index (κ2) is 6.55. The van der Waals surface area contributed by atoms with Gasteiger partial charge in [0.1, 0.15) is 11.6 Å². The minimum absolute atomic E-state index is 0.108. The lowest BCUT2D eigenvalue weighted by Crippen LogP contribution is -2.26. The Balaban J connectivity index is 1.64. The third-order valence-electron chi connectivity index (χ3n) is 4.06. The van der Waals surface area contributed by atoms with Crippen LogP contribution in [0.1, 0.15) is 28.3 Å². The highest BCUT2D eigenvalue weighted by atomic mass is 35.5. The first-order valence-corrected chi connectivity index (χ1v) is 7.94. The van der Waals surface area contributed by atoms with Crippen molar-refractivity contribution < 1.29 is 18.0 Å². The first-order chi connectivity index (χ1) is 11.7. The average molecular weight is 374 g/mol. The van der Waals surface area contributed by atoms with Gasteiger partial charge in [0.05, 0.1) is 10.6 Å². The number of rotatable bonds is 4. The third-order valence-corrected chi connectivity index (χ3v) is 4.35. The number of nitrogens with zero attached hydrogens (tertiary/aromatic N) is 3. The van der Waals surface area contributed by atoms with Crippen molar-refractivity contribution in [2.24, 2.45) is 11.7 Å². The fraction of sp³-hybridized carbons (Fsp3) is 0.400. The maximum absolute atomic E-state index is 12.7. The lowest BCUT2D eigenvalue weighted by Gasteiger charge is -2.24. The van der Waals surface area contributed by atoms with Gasteiger partial charge in [-0.25, -0.2) is 9.97 Å². The summed E-state index contributed by atoms with van der Waals surface area (Å²) in [6.07, 6.45) is -0.879. The quantitative estimate of drug-likeness (QED) is 0.862. The standard InChI is InChI=1S/C15H15ClF3N5O/c16-10-3-9(13(20)25)5-22-14(10)21-4-8-1-2-12-23-11(15(17,18)19)7-24(12)6-8/h3,5,7-8H,1-2,4,6H2,(H2,20,25)(H,21,22). The van der Waals surface area contributed by atoms with Crippen LogP contribution in [0.2, 0.25) is 5.02 Å². The number of carbonyl (C=O) groups excluding carboxylic acids is 1. The number of carbonyl (C=O) groups is 1. The molecule has 10 heteroatoms. The van der Waals surface area contributed by atoms with E-state index in [0.29, 0.717) is 37.6 Å². The molecule has 0 saturated carbocycles. The fourth-order valence-corrected chi connectivity index (χ4v) is 2.99. The van der Waals surface area contributed by atoms with E-state index >= 15 is 0 Å². The number of halogens is 4. The Morgan fingerprint density at radius 3 is 2.88 bits per heavy atom. The van der Waals surface area contributed by atoms with E-state index in [0.717, 1.165) is 6.20 Å². The summed E-state index contributed by atoms with van der Waals surface area (Å²) in [7, 11) is 0. The molecule has 3 N–H and O–H groups in total. The smallest absolute Gasteiger partial charge is 0.368 e. The van der Waals surface area contributed by atoms with E-state index in [4.69, 9.17) is 17.3 Å². The number of aromatic nitrogens is 3. The minimum atomic E-state index is -4.43. The monoisotopic (exact) mass is 373 g/mol. The molecule has 1 aliphatic heterocycles. The van der Waals surface area contributed by atoms with Crippen molar-refractivity contribution in [3.8, 4) is 0 Å². The van der Waals surface area contributed by atoms with Gasteiger partial charge in [-0.15, -0.1) is 0 Å². The fourth-order valence-electron chi connectivity index (χ4n) is 2.76. The first-order valence-electron chi connectivity index (χ1n) is 7.56. The SMILES string of the molecule is NC(=O)c1cnc(NCC2CCc3nc(C(F)(F)F)cn3C2)c(Cl)c1. The van der Waals surface area contributed by atoms with Gasteiger partial charge in [0.2, 0.25) is 5.91 Å². The Bertz CT molecular complexity index is 805. The molecule has 1 amide bonds. The molecule has 0 radical (unpaired) electrons. The van der Waals surface area contributed by atoms with Gasteiger partial charge in [0, 0.05) is 31.9 Å². The second-order valence-electron chi connectivity index (χ2n) is 5.90. The van der Waals surface area contributed by atoms with Crippen LogP contribution in [-0.4, -0.2) is 27.0 Å². The predicted octanol–water partition coefficient (Wildman–Crippen LogP) is 2.72. The summed E-state index contributed by atoms with van der Waals surface area (Å²) in [5.74, 6) is 0.336. The Morgan fingerprint density at radius 1 is 1.48 bits per heavy atom. The highest BCUT2D eigenvalue weighted by Gasteiger charge is 2.35. The van der Waals surface area contributed by atoms with Crippen molar-refractivity contribution in [2.75, 3.05) is 11.9 Å². The zero-order valence-corrected chi connectivity index (χ0v) is 13.7. The number of imidazole rings is 1. The Morgan fingerprint density at radius 2 is 2.24 bits per heavy atom. The third kappa shape index (κ3) is 3.87. The molecule has 1 atom stereocenters. The molecule has 2 aromatic heterocycles. The summed E-state index contributed by atoms with van der Waals surface area (Å²) in [6.45, 7) is 0.921. The Hall–Kier alpha value is -2.29. The lowest BCUT2D eigenvalue weighted by atomic mass is 9.99. The van der Waals surface area contributed by atoms with E-state index in [9.17, 15) is 18.0 Å². The van der Waals surface area contributed by atoms with E-state index in [1.54, 1.807) is 4.57 Å². The number of nitrogens with one attached hydrogen (secondary N) is 1. The maximum Gasteiger partial charge on any atom is 0.434 e. The molecular weight excluding hydrogens is 359 g/mol. The minimum Gasteiger partial charge on any atom is -0.368 e. The van der Waals surface area contributed by atoms with Crippen LogP contribution in [0.15, 0.2) is 18.5 Å². The van der Waals surface area contributed by atoms with Crippen LogP contribution >= 0.6 is 11.6 Å². The topological polar surface area (TPSA) is 85.8 Å². The largest absolute Gasteiger partial charge is 0.434 e. The van der Waals surface area contributed by atoms with Crippen molar-refractivity contribution in [3.63, 3.8) is 0 Å². The Kier molecular flexibility index (Phi) is 4.59. The van der Waals surface area contributed by atoms with E-state index in [1.165, 1.54) is 12.3 Å². The van der Waals surface area contributed by atoms with Crippen molar-refractivity contribution in [3.05, 3.63) is 40.6 Å². The maximum atomic E-state index is 12.7. The van der Waals surface area contributed by atoms with Gasteiger partial charge in [0.15, 0.2) is 5.69 Å². The number of anilines is 1. The molecule has 0 spiro atoms. The van der Waals surface area contributed by atoms with Crippen molar-refractivity contribution in [1.82, 2.24) is 14.5 Å². The van der Waals surface area contributed by atoms with Crippen molar-refractivity contribution in [2.45, 2.75) is 25.6 Å². The molecule has 0 fully saturated rings. The van der Waals surface area contributed by atoms with E-state index in [2.05, 4.69) is 15.3 Å². The second-order valence-corrected chi connectivity index (χ2v) is 6.30. The molecule has 0 aromatic carbocycles. The van der Waals surface area contributed by atoms with Crippen LogP contribution in [0.3, 0.4) is 0 Å². The highest BCUT2D eigenvalue weighted by Crippen LogP contribution is 2.31. The highest BCUT2D eigenvalue weighted by molar-refractivity contribution is 6.33. The molecule has 6 nitrogen and oxygen atoms in total. The van der Waals surface area contributed by atoms with Gasteiger partial charge >= 0.3 is 6.18 Å². The van der Waals surface area contributed by atoms with Crippen molar-refractivity contribution >= 4 is 23.3 Å². The molecule has 3 heterocycles. The summed E-state index contributed by atoms with van der Waals surface area (Å²) >= 11 is 6.05. The summed E-state index contributed by atoms with van der Waals surface area (Å²) in [5.41, 5.74) is 4.50. The number of hydrogen-bond acceptors (Lipinski definition) is 4. The van der Waals surface area contributed by atoms with E-state index in [-0.39, 0.29) is 16.5 Å². The van der Waals surface area contributed by atoms with Gasteiger partial charge in [-0.05, 0) is 18.4 Å². The van der Waals surface area contributed by atoms with Gasteiger partial charge in [0.25, 0.3) is 0 Å². The molecule has 134 valence electrons. The molecule has 2 aromatic rings. The zero-order valence-electron chi connectivity index (χ0n) is 13.0. The molecule has 3 rings (SSSR count). The van der Waals surface area contributed by atoms with Gasteiger partial charge in [-0.3, -0.25) is 4.79 Å². The molecule has 25 heavy (non-hydrogen) atoms. The van der Waals surface area contributed by atoms with Crippen LogP contribution in [0, 0.1) is 5.92 Å². The van der Waals surface area contributed by atoms with Crippen LogP contribution in [0.5, 0.6) is 0 Å². The normalized spacial score (nSPS) is 17.2. The predicted molar refractivity (Wildman–Crippen MR) is 85.3 cm³/mol. The van der Waals surface area contributed by atoms with Crippen LogP contribution in [0.25, 0.3) is 0 Å². The number of aryl methyl sites for hydroxylation is 1. The number of alkyl halides is 3. The lowest BCUT2D eigenvalue weighted by molar-refractivity contribution is -0.141. The number of hydrogen-bond donors (Lipinski definition) is 2. The first kappa shape index (κ1) is 17.5. The number of fused-ring (bicyclic) bond motifs is 1. The van der Waals surface area contributed by atoms with Crippen LogP contribution in [0.4, 0.5) is 19.0 Å². The molecule has 0 bridgehead atoms. The summed E-state index contributed by atoms with van der Waals surface area (Å²) in [5, 5.41) is 3.32. The molecule has 1 unspecified atom stereocenters. The van der Waals surface area contributed by atoms with Gasteiger partial charge < -0.3 is 15.6 Å². The molecule has 0 saturated heterocycles. The number of pyridine rings is 1.